The summed E-state index contributed by atoms with van der Waals surface area (Å²) in [6.07, 6.45) is 4.74. The van der Waals surface area contributed by atoms with Crippen LogP contribution in [0.5, 0.6) is 5.75 Å². The Morgan fingerprint density at radius 3 is 2.69 bits per heavy atom. The topological polar surface area (TPSA) is 36.3 Å². The lowest BCUT2D eigenvalue weighted by Crippen LogP contribution is -2.22. The van der Waals surface area contributed by atoms with Crippen molar-refractivity contribution in [1.29, 1.82) is 0 Å². The molecule has 0 bridgehead atoms. The van der Waals surface area contributed by atoms with Crippen LogP contribution in [0.15, 0.2) is 12.4 Å². The number of rotatable bonds is 6. The van der Waals surface area contributed by atoms with Crippen LogP contribution in [0, 0.1) is 0 Å². The highest BCUT2D eigenvalue weighted by Gasteiger charge is 2.09. The molecule has 1 rings (SSSR count). The first-order valence-electron chi connectivity index (χ1n) is 5.80. The Hall–Kier alpha value is -1.03. The molecule has 16 heavy (non-hydrogen) atoms. The zero-order valence-corrected chi connectivity index (χ0v) is 10.7. The number of hydrogen-bond acceptors (Lipinski definition) is 3. The fraction of sp³-hybridized carbons (Fsp3) is 0.750. The van der Waals surface area contributed by atoms with Gasteiger partial charge in [0.15, 0.2) is 5.75 Å². The van der Waals surface area contributed by atoms with Crippen molar-refractivity contribution in [2.45, 2.75) is 46.3 Å². The molecule has 1 aromatic heterocycles. The van der Waals surface area contributed by atoms with E-state index in [1.165, 1.54) is 0 Å². The fourth-order valence-corrected chi connectivity index (χ4v) is 1.28. The quantitative estimate of drug-likeness (QED) is 0.699. The van der Waals surface area contributed by atoms with Crippen LogP contribution in [-0.2, 0) is 11.3 Å². The predicted octanol–water partition coefficient (Wildman–Crippen LogP) is 2.49. The molecule has 4 heteroatoms. The predicted molar refractivity (Wildman–Crippen MR) is 63.7 cm³/mol. The third kappa shape index (κ3) is 5.16. The summed E-state index contributed by atoms with van der Waals surface area (Å²) in [6.45, 7) is 10.3. The molecule has 92 valence electrons. The summed E-state index contributed by atoms with van der Waals surface area (Å²) in [4.78, 5) is 0. The van der Waals surface area contributed by atoms with Crippen molar-refractivity contribution in [2.75, 3.05) is 13.2 Å². The monoisotopic (exact) mass is 226 g/mol. The van der Waals surface area contributed by atoms with Crippen LogP contribution in [0.2, 0.25) is 0 Å². The number of ether oxygens (including phenoxy) is 2. The van der Waals surface area contributed by atoms with E-state index in [-0.39, 0.29) is 5.60 Å². The highest BCUT2D eigenvalue weighted by molar-refractivity contribution is 5.11. The zero-order chi connectivity index (χ0) is 12.0. The maximum absolute atomic E-state index is 5.55. The van der Waals surface area contributed by atoms with Crippen molar-refractivity contribution in [3.63, 3.8) is 0 Å². The molecule has 0 atom stereocenters. The van der Waals surface area contributed by atoms with Gasteiger partial charge in [0.05, 0.1) is 24.6 Å². The van der Waals surface area contributed by atoms with Crippen molar-refractivity contribution >= 4 is 0 Å². The van der Waals surface area contributed by atoms with Crippen molar-refractivity contribution in [1.82, 2.24) is 9.78 Å². The lowest BCUT2D eigenvalue weighted by atomic mass is 10.2. The molecular weight excluding hydrogens is 204 g/mol. The second-order valence-corrected chi connectivity index (χ2v) is 4.75. The highest BCUT2D eigenvalue weighted by atomic mass is 16.5. The molecule has 0 N–H and O–H groups in total. The summed E-state index contributed by atoms with van der Waals surface area (Å²) in [5.41, 5.74) is -0.101. The van der Waals surface area contributed by atoms with Crippen molar-refractivity contribution in [3.8, 4) is 5.75 Å². The second-order valence-electron chi connectivity index (χ2n) is 4.75. The van der Waals surface area contributed by atoms with Gasteiger partial charge >= 0.3 is 0 Å². The SMILES string of the molecule is CCCn1cc(OCCOC(C)(C)C)cn1. The number of nitrogens with zero attached hydrogens (tertiary/aromatic N) is 2. The summed E-state index contributed by atoms with van der Waals surface area (Å²) in [5, 5.41) is 4.18. The van der Waals surface area contributed by atoms with Gasteiger partial charge in [0.25, 0.3) is 0 Å². The molecule has 0 saturated carbocycles. The molecule has 0 radical (unpaired) electrons. The molecule has 4 nitrogen and oxygen atoms in total. The van der Waals surface area contributed by atoms with E-state index in [1.807, 2.05) is 31.6 Å². The Bertz CT molecular complexity index is 302. The van der Waals surface area contributed by atoms with Gasteiger partial charge in [0.2, 0.25) is 0 Å². The van der Waals surface area contributed by atoms with Gasteiger partial charge in [-0.15, -0.1) is 0 Å². The van der Waals surface area contributed by atoms with Crippen LogP contribution in [0.25, 0.3) is 0 Å². The first kappa shape index (κ1) is 13.0. The van der Waals surface area contributed by atoms with E-state index in [1.54, 1.807) is 6.20 Å². The van der Waals surface area contributed by atoms with Crippen LogP contribution in [0.3, 0.4) is 0 Å². The smallest absolute Gasteiger partial charge is 0.157 e. The molecule has 0 spiro atoms. The number of aryl methyl sites for hydroxylation is 1. The average molecular weight is 226 g/mol. The molecule has 0 aromatic carbocycles. The van der Waals surface area contributed by atoms with E-state index < -0.39 is 0 Å². The summed E-state index contributed by atoms with van der Waals surface area (Å²) in [5.74, 6) is 0.811. The van der Waals surface area contributed by atoms with Crippen LogP contribution >= 0.6 is 0 Å². The maximum Gasteiger partial charge on any atom is 0.157 e. The Kier molecular flexibility index (Phi) is 4.80. The third-order valence-electron chi connectivity index (χ3n) is 1.95. The van der Waals surface area contributed by atoms with Crippen LogP contribution in [0.4, 0.5) is 0 Å². The van der Waals surface area contributed by atoms with Gasteiger partial charge in [-0.3, -0.25) is 4.68 Å². The fourth-order valence-electron chi connectivity index (χ4n) is 1.28. The van der Waals surface area contributed by atoms with E-state index in [2.05, 4.69) is 12.0 Å². The molecule has 0 unspecified atom stereocenters. The van der Waals surface area contributed by atoms with E-state index in [4.69, 9.17) is 9.47 Å². The van der Waals surface area contributed by atoms with Gasteiger partial charge in [-0.2, -0.15) is 5.10 Å². The van der Waals surface area contributed by atoms with E-state index >= 15 is 0 Å². The second kappa shape index (κ2) is 5.89. The Morgan fingerprint density at radius 1 is 1.31 bits per heavy atom. The van der Waals surface area contributed by atoms with Gasteiger partial charge in [-0.05, 0) is 27.2 Å². The molecule has 1 heterocycles. The Morgan fingerprint density at radius 2 is 2.06 bits per heavy atom. The summed E-state index contributed by atoms with van der Waals surface area (Å²) in [6, 6.07) is 0. The lowest BCUT2D eigenvalue weighted by molar-refractivity contribution is -0.0163. The van der Waals surface area contributed by atoms with Crippen LogP contribution in [-0.4, -0.2) is 28.6 Å². The number of aromatic nitrogens is 2. The molecule has 0 fully saturated rings. The summed E-state index contributed by atoms with van der Waals surface area (Å²) < 4.78 is 13.0. The normalized spacial score (nSPS) is 11.8. The molecule has 0 aliphatic heterocycles. The van der Waals surface area contributed by atoms with Crippen LogP contribution < -0.4 is 4.74 Å². The third-order valence-corrected chi connectivity index (χ3v) is 1.95. The lowest BCUT2D eigenvalue weighted by Gasteiger charge is -2.19. The Balaban J connectivity index is 2.21. The molecule has 0 aliphatic carbocycles. The van der Waals surface area contributed by atoms with Crippen molar-refractivity contribution in [2.24, 2.45) is 0 Å². The maximum atomic E-state index is 5.55. The van der Waals surface area contributed by atoms with Gasteiger partial charge in [0.1, 0.15) is 6.61 Å². The van der Waals surface area contributed by atoms with Crippen LogP contribution in [0.1, 0.15) is 34.1 Å². The first-order chi connectivity index (χ1) is 7.51. The molecule has 0 aliphatic rings. The van der Waals surface area contributed by atoms with Gasteiger partial charge in [0, 0.05) is 6.54 Å². The van der Waals surface area contributed by atoms with Crippen molar-refractivity contribution < 1.29 is 9.47 Å². The molecule has 0 saturated heterocycles. The Labute approximate surface area is 97.6 Å². The summed E-state index contributed by atoms with van der Waals surface area (Å²) in [7, 11) is 0. The molecule has 1 aromatic rings. The van der Waals surface area contributed by atoms with E-state index in [0.717, 1.165) is 18.7 Å². The van der Waals surface area contributed by atoms with Gasteiger partial charge in [-0.1, -0.05) is 6.92 Å². The van der Waals surface area contributed by atoms with E-state index in [9.17, 15) is 0 Å². The zero-order valence-electron chi connectivity index (χ0n) is 10.7. The van der Waals surface area contributed by atoms with Crippen molar-refractivity contribution in [3.05, 3.63) is 12.4 Å². The highest BCUT2D eigenvalue weighted by Crippen LogP contribution is 2.10. The van der Waals surface area contributed by atoms with Gasteiger partial charge < -0.3 is 9.47 Å². The molecule has 0 amide bonds. The molecular formula is C12H22N2O2. The minimum Gasteiger partial charge on any atom is -0.488 e. The minimum absolute atomic E-state index is 0.101. The minimum atomic E-state index is -0.101. The average Bonchev–Trinajstić information content (AvgIpc) is 2.60. The van der Waals surface area contributed by atoms with E-state index in [0.29, 0.717) is 13.2 Å². The summed E-state index contributed by atoms with van der Waals surface area (Å²) >= 11 is 0. The first-order valence-corrected chi connectivity index (χ1v) is 5.80. The largest absolute Gasteiger partial charge is 0.488 e. The standard InChI is InChI=1S/C12H22N2O2/c1-5-6-14-10-11(9-13-14)15-7-8-16-12(2,3)4/h9-10H,5-8H2,1-4H3. The number of hydrogen-bond donors (Lipinski definition) is 0. The van der Waals surface area contributed by atoms with Gasteiger partial charge in [-0.25, -0.2) is 0 Å².